The molecule has 0 spiro atoms. The van der Waals surface area contributed by atoms with E-state index in [2.05, 4.69) is 5.16 Å². The van der Waals surface area contributed by atoms with Crippen molar-refractivity contribution >= 4 is 5.91 Å². The molecule has 1 amide bonds. The van der Waals surface area contributed by atoms with Crippen molar-refractivity contribution in [3.63, 3.8) is 0 Å². The Hall–Kier alpha value is -2.95. The summed E-state index contributed by atoms with van der Waals surface area (Å²) in [6.07, 6.45) is 0. The minimum atomic E-state index is -0.312. The van der Waals surface area contributed by atoms with Crippen LogP contribution in [0.4, 0.5) is 4.39 Å². The van der Waals surface area contributed by atoms with Crippen molar-refractivity contribution in [3.05, 3.63) is 77.4 Å². The lowest BCUT2D eigenvalue weighted by molar-refractivity contribution is 0.0782. The Morgan fingerprint density at radius 1 is 1.17 bits per heavy atom. The van der Waals surface area contributed by atoms with Crippen molar-refractivity contribution in [3.8, 4) is 11.1 Å². The zero-order chi connectivity index (χ0) is 17.1. The third-order valence-electron chi connectivity index (χ3n) is 3.72. The van der Waals surface area contributed by atoms with E-state index in [-0.39, 0.29) is 11.7 Å². The smallest absolute Gasteiger partial charge is 0.253 e. The van der Waals surface area contributed by atoms with Gasteiger partial charge in [-0.05, 0) is 30.7 Å². The molecule has 3 aromatic rings. The zero-order valence-corrected chi connectivity index (χ0v) is 13.5. The second kappa shape index (κ2) is 6.66. The standard InChI is InChI=1S/C19H17FN2O2/c1-13-10-16(21-24-13)12-22(2)19(23)15-7-5-6-14(11-15)17-8-3-4-9-18(17)20/h3-11H,12H2,1-2H3. The molecule has 2 aromatic carbocycles. The molecule has 0 bridgehead atoms. The summed E-state index contributed by atoms with van der Waals surface area (Å²) in [5.74, 6) is 0.231. The molecule has 5 heteroatoms. The first-order valence-corrected chi connectivity index (χ1v) is 7.57. The molecule has 0 atom stereocenters. The van der Waals surface area contributed by atoms with Gasteiger partial charge in [0.05, 0.1) is 6.54 Å². The molecule has 0 saturated carbocycles. The van der Waals surface area contributed by atoms with Gasteiger partial charge in [0.1, 0.15) is 17.3 Å². The van der Waals surface area contributed by atoms with Crippen molar-refractivity contribution in [2.45, 2.75) is 13.5 Å². The van der Waals surface area contributed by atoms with Crippen LogP contribution in [0.3, 0.4) is 0 Å². The van der Waals surface area contributed by atoms with Crippen LogP contribution in [0, 0.1) is 12.7 Å². The normalized spacial score (nSPS) is 10.6. The van der Waals surface area contributed by atoms with Gasteiger partial charge in [0.2, 0.25) is 0 Å². The third kappa shape index (κ3) is 3.35. The SMILES string of the molecule is Cc1cc(CN(C)C(=O)c2cccc(-c3ccccc3F)c2)no1. The number of rotatable bonds is 4. The van der Waals surface area contributed by atoms with Crippen LogP contribution >= 0.6 is 0 Å². The molecule has 1 heterocycles. The fourth-order valence-electron chi connectivity index (χ4n) is 2.54. The predicted octanol–water partition coefficient (Wildman–Crippen LogP) is 4.06. The van der Waals surface area contributed by atoms with Gasteiger partial charge in [-0.3, -0.25) is 4.79 Å². The molecule has 0 N–H and O–H groups in total. The minimum Gasteiger partial charge on any atom is -0.361 e. The summed E-state index contributed by atoms with van der Waals surface area (Å²) in [6, 6.07) is 15.3. The van der Waals surface area contributed by atoms with E-state index in [1.807, 2.05) is 0 Å². The van der Waals surface area contributed by atoms with Crippen molar-refractivity contribution in [1.82, 2.24) is 10.1 Å². The Kier molecular flexibility index (Phi) is 4.42. The molecule has 0 aliphatic heterocycles. The Labute approximate surface area is 139 Å². The molecule has 0 unspecified atom stereocenters. The molecular weight excluding hydrogens is 307 g/mol. The molecule has 0 saturated heterocycles. The van der Waals surface area contributed by atoms with Gasteiger partial charge < -0.3 is 9.42 Å². The lowest BCUT2D eigenvalue weighted by Gasteiger charge is -2.16. The van der Waals surface area contributed by atoms with Gasteiger partial charge in [0.15, 0.2) is 0 Å². The number of benzene rings is 2. The van der Waals surface area contributed by atoms with Gasteiger partial charge >= 0.3 is 0 Å². The number of aryl methyl sites for hydroxylation is 1. The quantitative estimate of drug-likeness (QED) is 0.727. The summed E-state index contributed by atoms with van der Waals surface area (Å²) in [4.78, 5) is 14.2. The van der Waals surface area contributed by atoms with E-state index in [0.717, 1.165) is 0 Å². The maximum absolute atomic E-state index is 13.9. The number of carbonyl (C=O) groups is 1. The number of halogens is 1. The Morgan fingerprint density at radius 3 is 2.67 bits per heavy atom. The first kappa shape index (κ1) is 15.9. The summed E-state index contributed by atoms with van der Waals surface area (Å²) in [7, 11) is 1.70. The molecule has 0 aliphatic rings. The van der Waals surface area contributed by atoms with Gasteiger partial charge in [-0.1, -0.05) is 35.5 Å². The van der Waals surface area contributed by atoms with Crippen LogP contribution in [-0.2, 0) is 6.54 Å². The number of hydrogen-bond donors (Lipinski definition) is 0. The van der Waals surface area contributed by atoms with Gasteiger partial charge in [0.25, 0.3) is 5.91 Å². The van der Waals surface area contributed by atoms with Crippen molar-refractivity contribution in [2.24, 2.45) is 0 Å². The predicted molar refractivity (Wildman–Crippen MR) is 88.9 cm³/mol. The fourth-order valence-corrected chi connectivity index (χ4v) is 2.54. The highest BCUT2D eigenvalue weighted by atomic mass is 19.1. The summed E-state index contributed by atoms with van der Waals surface area (Å²) in [5.41, 5.74) is 2.33. The summed E-state index contributed by atoms with van der Waals surface area (Å²) >= 11 is 0. The van der Waals surface area contributed by atoms with Crippen molar-refractivity contribution < 1.29 is 13.7 Å². The maximum atomic E-state index is 13.9. The highest BCUT2D eigenvalue weighted by molar-refractivity contribution is 5.95. The van der Waals surface area contributed by atoms with Gasteiger partial charge in [-0.2, -0.15) is 0 Å². The molecule has 0 fully saturated rings. The average Bonchev–Trinajstić information content (AvgIpc) is 2.99. The van der Waals surface area contributed by atoms with Crippen LogP contribution < -0.4 is 0 Å². The van der Waals surface area contributed by atoms with E-state index in [0.29, 0.717) is 34.7 Å². The molecule has 1 aromatic heterocycles. The number of amides is 1. The van der Waals surface area contributed by atoms with Crippen LogP contribution in [0.15, 0.2) is 59.1 Å². The van der Waals surface area contributed by atoms with Crippen LogP contribution in [-0.4, -0.2) is 23.0 Å². The molecule has 0 radical (unpaired) electrons. The molecule has 0 aliphatic carbocycles. The second-order valence-electron chi connectivity index (χ2n) is 5.65. The third-order valence-corrected chi connectivity index (χ3v) is 3.72. The van der Waals surface area contributed by atoms with Crippen LogP contribution in [0.2, 0.25) is 0 Å². The van der Waals surface area contributed by atoms with Crippen molar-refractivity contribution in [1.29, 1.82) is 0 Å². The largest absolute Gasteiger partial charge is 0.361 e. The first-order chi connectivity index (χ1) is 11.5. The Bertz CT molecular complexity index is 873. The topological polar surface area (TPSA) is 46.3 Å². The van der Waals surface area contributed by atoms with Crippen LogP contribution in [0.1, 0.15) is 21.8 Å². The lowest BCUT2D eigenvalue weighted by atomic mass is 10.0. The molecule has 4 nitrogen and oxygen atoms in total. The lowest BCUT2D eigenvalue weighted by Crippen LogP contribution is -2.26. The van der Waals surface area contributed by atoms with E-state index < -0.39 is 0 Å². The van der Waals surface area contributed by atoms with Gasteiger partial charge in [-0.15, -0.1) is 0 Å². The van der Waals surface area contributed by atoms with Gasteiger partial charge in [-0.25, -0.2) is 4.39 Å². The molecule has 24 heavy (non-hydrogen) atoms. The molecular formula is C19H17FN2O2. The van der Waals surface area contributed by atoms with E-state index in [4.69, 9.17) is 4.52 Å². The Morgan fingerprint density at radius 2 is 1.96 bits per heavy atom. The number of hydrogen-bond acceptors (Lipinski definition) is 3. The van der Waals surface area contributed by atoms with E-state index in [1.165, 1.54) is 6.07 Å². The molecule has 122 valence electrons. The number of carbonyl (C=O) groups excluding carboxylic acids is 1. The first-order valence-electron chi connectivity index (χ1n) is 7.57. The molecule has 3 rings (SSSR count). The monoisotopic (exact) mass is 324 g/mol. The van der Waals surface area contributed by atoms with Crippen LogP contribution in [0.5, 0.6) is 0 Å². The van der Waals surface area contributed by atoms with Gasteiger partial charge in [0, 0.05) is 24.2 Å². The average molecular weight is 324 g/mol. The summed E-state index contributed by atoms with van der Waals surface area (Å²) < 4.78 is 19.0. The minimum absolute atomic E-state index is 0.158. The fraction of sp³-hybridized carbons (Fsp3) is 0.158. The van der Waals surface area contributed by atoms with Crippen molar-refractivity contribution in [2.75, 3.05) is 7.05 Å². The van der Waals surface area contributed by atoms with E-state index in [9.17, 15) is 9.18 Å². The maximum Gasteiger partial charge on any atom is 0.253 e. The second-order valence-corrected chi connectivity index (χ2v) is 5.65. The van der Waals surface area contributed by atoms with E-state index in [1.54, 1.807) is 67.4 Å². The summed E-state index contributed by atoms with van der Waals surface area (Å²) in [6.45, 7) is 2.15. The van der Waals surface area contributed by atoms with E-state index >= 15 is 0 Å². The number of nitrogens with zero attached hydrogens (tertiary/aromatic N) is 2. The zero-order valence-electron chi connectivity index (χ0n) is 13.5. The highest BCUT2D eigenvalue weighted by Crippen LogP contribution is 2.24. The van der Waals surface area contributed by atoms with Crippen LogP contribution in [0.25, 0.3) is 11.1 Å². The highest BCUT2D eigenvalue weighted by Gasteiger charge is 2.15. The Balaban J connectivity index is 1.83. The number of aromatic nitrogens is 1. The summed E-state index contributed by atoms with van der Waals surface area (Å²) in [5, 5.41) is 3.89.